The number of carbonyl (C=O) groups excluding carboxylic acids is 1. The minimum Gasteiger partial charge on any atom is -0.469 e. The van der Waals surface area contributed by atoms with Gasteiger partial charge >= 0.3 is 5.97 Å². The van der Waals surface area contributed by atoms with Crippen molar-refractivity contribution in [3.8, 4) is 0 Å². The summed E-state index contributed by atoms with van der Waals surface area (Å²) < 4.78 is 10.8. The van der Waals surface area contributed by atoms with Crippen LogP contribution in [0.4, 0.5) is 0 Å². The van der Waals surface area contributed by atoms with Crippen molar-refractivity contribution >= 4 is 5.97 Å². The topological polar surface area (TPSA) is 55.8 Å². The highest BCUT2D eigenvalue weighted by Gasteiger charge is 2.45. The summed E-state index contributed by atoms with van der Waals surface area (Å²) in [5.41, 5.74) is 0. The standard InChI is InChI=1S/C22H36O4/c1-3-4-7-10-18(23)13-14-21-20(17-15-19(16-17)26-21)11-8-5-6-9-12-22(24)25-2/h5,8,13-14,17-21,23H,3-4,6-7,9-12,15-16H2,1-2H3/b8-5+,14-13+. The van der Waals surface area contributed by atoms with Gasteiger partial charge in [0, 0.05) is 6.42 Å². The molecule has 1 N–H and O–H groups in total. The lowest BCUT2D eigenvalue weighted by Gasteiger charge is -2.50. The van der Waals surface area contributed by atoms with Crippen LogP contribution in [0.15, 0.2) is 24.3 Å². The lowest BCUT2D eigenvalue weighted by atomic mass is 9.67. The molecule has 2 heterocycles. The van der Waals surface area contributed by atoms with Crippen LogP contribution in [0.2, 0.25) is 0 Å². The van der Waals surface area contributed by atoms with Crippen LogP contribution in [0.5, 0.6) is 0 Å². The van der Waals surface area contributed by atoms with Crippen molar-refractivity contribution in [3.05, 3.63) is 24.3 Å². The Balaban J connectivity index is 1.74. The van der Waals surface area contributed by atoms with Gasteiger partial charge in [-0.05, 0) is 50.4 Å². The number of esters is 1. The number of fused-ring (bicyclic) bond motifs is 2. The summed E-state index contributed by atoms with van der Waals surface area (Å²) in [6.45, 7) is 2.18. The molecule has 3 atom stereocenters. The molecule has 2 bridgehead atoms. The van der Waals surface area contributed by atoms with Gasteiger partial charge in [-0.1, -0.05) is 50.5 Å². The quantitative estimate of drug-likeness (QED) is 0.313. The van der Waals surface area contributed by atoms with Crippen molar-refractivity contribution in [2.45, 2.75) is 89.4 Å². The first-order chi connectivity index (χ1) is 12.6. The Morgan fingerprint density at radius 2 is 2.08 bits per heavy atom. The third-order valence-corrected chi connectivity index (χ3v) is 5.69. The minimum absolute atomic E-state index is 0.132. The van der Waals surface area contributed by atoms with Gasteiger partial charge < -0.3 is 14.6 Å². The average molecular weight is 365 g/mol. The number of carbonyl (C=O) groups is 1. The predicted molar refractivity (Wildman–Crippen MR) is 104 cm³/mol. The van der Waals surface area contributed by atoms with Crippen molar-refractivity contribution in [1.29, 1.82) is 0 Å². The van der Waals surface area contributed by atoms with E-state index >= 15 is 0 Å². The average Bonchev–Trinajstić information content (AvgIpc) is 2.62. The van der Waals surface area contributed by atoms with Crippen molar-refractivity contribution in [3.63, 3.8) is 0 Å². The van der Waals surface area contributed by atoms with Crippen LogP contribution in [-0.2, 0) is 14.3 Å². The van der Waals surface area contributed by atoms with Crippen molar-refractivity contribution in [2.75, 3.05) is 7.11 Å². The van der Waals surface area contributed by atoms with Crippen molar-refractivity contribution in [2.24, 2.45) is 11.8 Å². The molecule has 1 aliphatic carbocycles. The summed E-state index contributed by atoms with van der Waals surface area (Å²) in [6, 6.07) is 0. The van der Waals surface area contributed by atoms with E-state index in [4.69, 9.17) is 4.74 Å². The summed E-state index contributed by atoms with van der Waals surface area (Å²) in [7, 11) is 1.43. The monoisotopic (exact) mass is 364 g/mol. The maximum absolute atomic E-state index is 11.1. The number of hydrogen-bond acceptors (Lipinski definition) is 4. The highest BCUT2D eigenvalue weighted by atomic mass is 16.5. The second-order valence-electron chi connectivity index (χ2n) is 7.74. The highest BCUT2D eigenvalue weighted by molar-refractivity contribution is 5.69. The lowest BCUT2D eigenvalue weighted by Crippen LogP contribution is -2.49. The number of hydrogen-bond donors (Lipinski definition) is 1. The van der Waals surface area contributed by atoms with Gasteiger partial charge in [-0.25, -0.2) is 0 Å². The zero-order valence-electron chi connectivity index (χ0n) is 16.4. The normalized spacial score (nSPS) is 29.0. The van der Waals surface area contributed by atoms with Crippen LogP contribution in [0.3, 0.4) is 0 Å². The Bertz CT molecular complexity index is 465. The van der Waals surface area contributed by atoms with E-state index in [-0.39, 0.29) is 18.2 Å². The first kappa shape index (κ1) is 21.2. The molecule has 3 rings (SSSR count). The van der Waals surface area contributed by atoms with Crippen LogP contribution < -0.4 is 0 Å². The molecule has 0 aromatic rings. The molecule has 0 amide bonds. The summed E-state index contributed by atoms with van der Waals surface area (Å²) >= 11 is 0. The second-order valence-corrected chi connectivity index (χ2v) is 7.74. The molecule has 0 aromatic heterocycles. The molecule has 3 fully saturated rings. The van der Waals surface area contributed by atoms with Gasteiger partial charge in [0.1, 0.15) is 0 Å². The maximum atomic E-state index is 11.1. The zero-order valence-corrected chi connectivity index (χ0v) is 16.4. The first-order valence-electron chi connectivity index (χ1n) is 10.4. The van der Waals surface area contributed by atoms with E-state index in [0.29, 0.717) is 18.4 Å². The molecule has 148 valence electrons. The predicted octanol–water partition coefficient (Wildman–Crippen LogP) is 4.57. The molecule has 0 aromatic carbocycles. The third-order valence-electron chi connectivity index (χ3n) is 5.69. The molecule has 0 radical (unpaired) electrons. The lowest BCUT2D eigenvalue weighted by molar-refractivity contribution is -0.159. The van der Waals surface area contributed by atoms with Gasteiger partial charge in [0.05, 0.1) is 25.4 Å². The highest BCUT2D eigenvalue weighted by Crippen LogP contribution is 2.46. The molecule has 0 spiro atoms. The minimum atomic E-state index is -0.349. The fourth-order valence-electron chi connectivity index (χ4n) is 3.95. The Morgan fingerprint density at radius 3 is 2.81 bits per heavy atom. The number of methoxy groups -OCH3 is 1. The number of aliphatic hydroxyl groups is 1. The summed E-state index contributed by atoms with van der Waals surface area (Å²) in [5, 5.41) is 10.1. The van der Waals surface area contributed by atoms with E-state index in [1.807, 2.05) is 6.08 Å². The number of ether oxygens (including phenoxy) is 2. The molecule has 2 aliphatic heterocycles. The Kier molecular flexibility index (Phi) is 9.41. The number of unbranched alkanes of at least 4 members (excludes halogenated alkanes) is 3. The van der Waals surface area contributed by atoms with E-state index < -0.39 is 0 Å². The van der Waals surface area contributed by atoms with Crippen LogP contribution in [0, 0.1) is 11.8 Å². The summed E-state index contributed by atoms with van der Waals surface area (Å²) in [4.78, 5) is 11.1. The molecule has 26 heavy (non-hydrogen) atoms. The Morgan fingerprint density at radius 1 is 1.27 bits per heavy atom. The second kappa shape index (κ2) is 11.6. The third kappa shape index (κ3) is 6.88. The molecule has 4 heteroatoms. The molecular weight excluding hydrogens is 328 g/mol. The SMILES string of the molecule is CCCCCC(O)/C=C/C1OC2CC(C2)C1C/C=C/CCCC(=O)OC. The number of aliphatic hydroxyl groups excluding tert-OH is 1. The van der Waals surface area contributed by atoms with Crippen molar-refractivity contribution in [1.82, 2.24) is 0 Å². The van der Waals surface area contributed by atoms with E-state index in [1.54, 1.807) is 0 Å². The first-order valence-corrected chi connectivity index (χ1v) is 10.4. The van der Waals surface area contributed by atoms with Gasteiger partial charge in [-0.3, -0.25) is 4.79 Å². The van der Waals surface area contributed by atoms with Gasteiger partial charge in [-0.15, -0.1) is 0 Å². The molecular formula is C22H36O4. The molecule has 4 nitrogen and oxygen atoms in total. The van der Waals surface area contributed by atoms with Gasteiger partial charge in [0.15, 0.2) is 0 Å². The van der Waals surface area contributed by atoms with E-state index in [2.05, 4.69) is 29.9 Å². The number of allylic oxidation sites excluding steroid dienone is 2. The van der Waals surface area contributed by atoms with Crippen molar-refractivity contribution < 1.29 is 19.4 Å². The summed E-state index contributed by atoms with van der Waals surface area (Å²) in [6.07, 6.45) is 18.6. The zero-order chi connectivity index (χ0) is 18.8. The fraction of sp³-hybridized carbons (Fsp3) is 0.773. The van der Waals surface area contributed by atoms with E-state index in [0.717, 1.165) is 38.0 Å². The van der Waals surface area contributed by atoms with E-state index in [9.17, 15) is 9.90 Å². The van der Waals surface area contributed by atoms with Crippen LogP contribution >= 0.6 is 0 Å². The maximum Gasteiger partial charge on any atom is 0.305 e. The molecule has 3 aliphatic rings. The Hall–Kier alpha value is -1.13. The fourth-order valence-corrected chi connectivity index (χ4v) is 3.95. The smallest absolute Gasteiger partial charge is 0.305 e. The summed E-state index contributed by atoms with van der Waals surface area (Å²) in [5.74, 6) is 1.12. The van der Waals surface area contributed by atoms with Gasteiger partial charge in [0.2, 0.25) is 0 Å². The van der Waals surface area contributed by atoms with Gasteiger partial charge in [-0.2, -0.15) is 0 Å². The molecule has 3 unspecified atom stereocenters. The molecule has 1 saturated carbocycles. The van der Waals surface area contributed by atoms with Crippen LogP contribution in [0.1, 0.15) is 71.1 Å². The van der Waals surface area contributed by atoms with Crippen LogP contribution in [-0.4, -0.2) is 36.5 Å². The largest absolute Gasteiger partial charge is 0.469 e. The Labute approximate surface area is 158 Å². The number of rotatable bonds is 12. The van der Waals surface area contributed by atoms with E-state index in [1.165, 1.54) is 32.8 Å². The van der Waals surface area contributed by atoms with Gasteiger partial charge in [0.25, 0.3) is 0 Å². The molecule has 2 saturated heterocycles. The van der Waals surface area contributed by atoms with Crippen LogP contribution in [0.25, 0.3) is 0 Å².